The van der Waals surface area contributed by atoms with E-state index in [1.54, 1.807) is 42.3 Å². The average molecular weight is 401 g/mol. The van der Waals surface area contributed by atoms with Crippen molar-refractivity contribution < 1.29 is 4.79 Å². The van der Waals surface area contributed by atoms with Crippen molar-refractivity contribution in [3.8, 4) is 6.07 Å². The van der Waals surface area contributed by atoms with E-state index < -0.39 is 0 Å². The summed E-state index contributed by atoms with van der Waals surface area (Å²) < 4.78 is 0. The van der Waals surface area contributed by atoms with Crippen LogP contribution in [0.1, 0.15) is 15.9 Å². The lowest BCUT2D eigenvalue weighted by molar-refractivity contribution is 0.0993. The van der Waals surface area contributed by atoms with Crippen molar-refractivity contribution in [1.29, 1.82) is 5.26 Å². The second-order valence-corrected chi connectivity index (χ2v) is 7.36. The van der Waals surface area contributed by atoms with Crippen molar-refractivity contribution >= 4 is 34.6 Å². The number of nitriles is 1. The van der Waals surface area contributed by atoms with E-state index in [9.17, 15) is 10.1 Å². The molecule has 6 heteroatoms. The first-order chi connectivity index (χ1) is 14.0. The largest absolute Gasteiger partial charge is 0.398 e. The van der Waals surface area contributed by atoms with E-state index in [4.69, 9.17) is 11.5 Å². The summed E-state index contributed by atoms with van der Waals surface area (Å²) in [5.74, 6) is -0.172. The maximum Gasteiger partial charge on any atom is 0.258 e. The van der Waals surface area contributed by atoms with E-state index in [2.05, 4.69) is 6.07 Å². The van der Waals surface area contributed by atoms with E-state index in [0.29, 0.717) is 27.4 Å². The first-order valence-corrected chi connectivity index (χ1v) is 9.68. The quantitative estimate of drug-likeness (QED) is 0.374. The zero-order chi connectivity index (χ0) is 20.8. The highest BCUT2D eigenvalue weighted by Crippen LogP contribution is 2.33. The molecule has 0 aliphatic heterocycles. The van der Waals surface area contributed by atoms with Crippen LogP contribution in [-0.4, -0.2) is 13.0 Å². The number of rotatable bonds is 5. The van der Waals surface area contributed by atoms with Crippen LogP contribution in [-0.2, 0) is 0 Å². The average Bonchev–Trinajstić information content (AvgIpc) is 2.75. The number of para-hydroxylation sites is 2. The van der Waals surface area contributed by atoms with Gasteiger partial charge in [0.05, 0.1) is 10.6 Å². The van der Waals surface area contributed by atoms with Crippen LogP contribution in [0.2, 0.25) is 0 Å². The molecule has 5 nitrogen and oxygen atoms in total. The van der Waals surface area contributed by atoms with E-state index in [1.165, 1.54) is 11.8 Å². The maximum atomic E-state index is 12.9. The molecule has 3 aromatic carbocycles. The number of carbonyl (C=O) groups is 1. The van der Waals surface area contributed by atoms with Gasteiger partial charge < -0.3 is 16.4 Å². The molecule has 0 radical (unpaired) electrons. The maximum absolute atomic E-state index is 12.9. The summed E-state index contributed by atoms with van der Waals surface area (Å²) in [6.45, 7) is 0. The molecule has 144 valence electrons. The van der Waals surface area contributed by atoms with Gasteiger partial charge in [-0.15, -0.1) is 0 Å². The van der Waals surface area contributed by atoms with Gasteiger partial charge in [0.15, 0.2) is 0 Å². The predicted octanol–water partition coefficient (Wildman–Crippen LogP) is 4.49. The van der Waals surface area contributed by atoms with Crippen LogP contribution in [0.4, 0.5) is 11.4 Å². The summed E-state index contributed by atoms with van der Waals surface area (Å²) in [7, 11) is 1.72. The first-order valence-electron chi connectivity index (χ1n) is 8.87. The number of hydrogen-bond acceptors (Lipinski definition) is 5. The molecule has 0 aliphatic carbocycles. The van der Waals surface area contributed by atoms with Gasteiger partial charge in [-0.1, -0.05) is 54.2 Å². The number of carbonyl (C=O) groups excluding carboxylic acids is 1. The Bertz CT molecular complexity index is 1100. The van der Waals surface area contributed by atoms with Gasteiger partial charge in [0.25, 0.3) is 5.91 Å². The van der Waals surface area contributed by atoms with Gasteiger partial charge in [0, 0.05) is 28.9 Å². The lowest BCUT2D eigenvalue weighted by Gasteiger charge is -2.17. The minimum atomic E-state index is -0.172. The Labute approximate surface area is 174 Å². The summed E-state index contributed by atoms with van der Waals surface area (Å²) in [4.78, 5) is 15.2. The standard InChI is InChI=1S/C23H20N4OS/c1-27(18-10-3-2-4-11-18)23(28)17-9-7-8-16(14-17)19(15-24)22(26)29-21-13-6-5-12-20(21)25/h2-14H,25-26H2,1H3/b22-19+. The highest BCUT2D eigenvalue weighted by molar-refractivity contribution is 8.03. The monoisotopic (exact) mass is 400 g/mol. The van der Waals surface area contributed by atoms with Crippen molar-refractivity contribution in [2.24, 2.45) is 5.73 Å². The SMILES string of the molecule is CN(C(=O)c1cccc(/C(C#N)=C(\N)Sc2ccccc2N)c1)c1ccccc1. The smallest absolute Gasteiger partial charge is 0.258 e. The number of nitrogens with zero attached hydrogens (tertiary/aromatic N) is 2. The summed E-state index contributed by atoms with van der Waals surface area (Å²) in [6.07, 6.45) is 0. The van der Waals surface area contributed by atoms with Crippen LogP contribution in [0, 0.1) is 11.3 Å². The van der Waals surface area contributed by atoms with Crippen LogP contribution < -0.4 is 16.4 Å². The van der Waals surface area contributed by atoms with Gasteiger partial charge >= 0.3 is 0 Å². The fourth-order valence-electron chi connectivity index (χ4n) is 2.78. The molecule has 1 amide bonds. The van der Waals surface area contributed by atoms with Gasteiger partial charge in [-0.25, -0.2) is 0 Å². The van der Waals surface area contributed by atoms with Gasteiger partial charge in [0.2, 0.25) is 0 Å². The number of hydrogen-bond donors (Lipinski definition) is 2. The van der Waals surface area contributed by atoms with Crippen LogP contribution in [0.15, 0.2) is 88.8 Å². The molecule has 0 saturated carbocycles. The number of thioether (sulfide) groups is 1. The number of nitrogens with two attached hydrogens (primary N) is 2. The fourth-order valence-corrected chi connectivity index (χ4v) is 3.61. The topological polar surface area (TPSA) is 96.1 Å². The minimum Gasteiger partial charge on any atom is -0.398 e. The van der Waals surface area contributed by atoms with Crippen molar-refractivity contribution in [2.75, 3.05) is 17.7 Å². The second kappa shape index (κ2) is 9.00. The third kappa shape index (κ3) is 4.60. The number of benzene rings is 3. The molecule has 0 bridgehead atoms. The summed E-state index contributed by atoms with van der Waals surface area (Å²) in [5.41, 5.74) is 14.9. The second-order valence-electron chi connectivity index (χ2n) is 6.27. The van der Waals surface area contributed by atoms with Crippen molar-refractivity contribution in [3.63, 3.8) is 0 Å². The molecule has 0 fully saturated rings. The Morgan fingerprint density at radius 2 is 1.62 bits per heavy atom. The van der Waals surface area contributed by atoms with Crippen molar-refractivity contribution in [3.05, 3.63) is 95.0 Å². The number of anilines is 2. The summed E-state index contributed by atoms with van der Waals surface area (Å²) >= 11 is 1.23. The molecule has 0 aliphatic rings. The zero-order valence-electron chi connectivity index (χ0n) is 15.9. The third-order valence-electron chi connectivity index (χ3n) is 4.34. The number of nitrogen functional groups attached to an aromatic ring is 1. The molecule has 29 heavy (non-hydrogen) atoms. The summed E-state index contributed by atoms with van der Waals surface area (Å²) in [6, 6.07) is 25.7. The number of amides is 1. The van der Waals surface area contributed by atoms with Crippen LogP contribution in [0.5, 0.6) is 0 Å². The highest BCUT2D eigenvalue weighted by Gasteiger charge is 2.16. The Morgan fingerprint density at radius 1 is 0.966 bits per heavy atom. The molecule has 0 aromatic heterocycles. The van der Waals surface area contributed by atoms with Crippen LogP contribution in [0.3, 0.4) is 0 Å². The molecule has 0 saturated heterocycles. The Hall–Kier alpha value is -3.69. The number of allylic oxidation sites excluding steroid dienone is 1. The predicted molar refractivity (Wildman–Crippen MR) is 119 cm³/mol. The van der Waals surface area contributed by atoms with Gasteiger partial charge in [0.1, 0.15) is 6.07 Å². The third-order valence-corrected chi connectivity index (χ3v) is 5.36. The molecule has 3 rings (SSSR count). The van der Waals surface area contributed by atoms with E-state index in [1.807, 2.05) is 48.5 Å². The minimum absolute atomic E-state index is 0.172. The summed E-state index contributed by atoms with van der Waals surface area (Å²) in [5, 5.41) is 10.0. The Kier molecular flexibility index (Phi) is 6.22. The van der Waals surface area contributed by atoms with Crippen LogP contribution in [0.25, 0.3) is 5.57 Å². The molecule has 0 heterocycles. The normalized spacial score (nSPS) is 11.3. The molecular weight excluding hydrogens is 380 g/mol. The molecular formula is C23H20N4OS. The molecule has 3 aromatic rings. The van der Waals surface area contributed by atoms with E-state index in [0.717, 1.165) is 10.6 Å². The Balaban J connectivity index is 1.91. The molecule has 0 unspecified atom stereocenters. The molecule has 0 atom stereocenters. The molecule has 0 spiro atoms. The van der Waals surface area contributed by atoms with Gasteiger partial charge in [-0.3, -0.25) is 4.79 Å². The highest BCUT2D eigenvalue weighted by atomic mass is 32.2. The lowest BCUT2D eigenvalue weighted by atomic mass is 10.0. The van der Waals surface area contributed by atoms with Crippen LogP contribution >= 0.6 is 11.8 Å². The Morgan fingerprint density at radius 3 is 2.31 bits per heavy atom. The van der Waals surface area contributed by atoms with Gasteiger partial charge in [-0.05, 0) is 42.0 Å². The van der Waals surface area contributed by atoms with Crippen molar-refractivity contribution in [1.82, 2.24) is 0 Å². The van der Waals surface area contributed by atoms with Crippen molar-refractivity contribution in [2.45, 2.75) is 4.90 Å². The van der Waals surface area contributed by atoms with Gasteiger partial charge in [-0.2, -0.15) is 5.26 Å². The first kappa shape index (κ1) is 20.1. The van der Waals surface area contributed by atoms with E-state index in [-0.39, 0.29) is 5.91 Å². The lowest BCUT2D eigenvalue weighted by Crippen LogP contribution is -2.26. The zero-order valence-corrected chi connectivity index (χ0v) is 16.7. The van der Waals surface area contributed by atoms with E-state index >= 15 is 0 Å². The fraction of sp³-hybridized carbons (Fsp3) is 0.0435. The molecule has 4 N–H and O–H groups in total.